The molecule has 7 nitrogen and oxygen atoms in total. The fourth-order valence-electron chi connectivity index (χ4n) is 2.35. The van der Waals surface area contributed by atoms with E-state index in [1.165, 1.54) is 11.8 Å². The molecular weight excluding hydrogens is 382 g/mol. The number of aromatic nitrogens is 3. The van der Waals surface area contributed by atoms with Gasteiger partial charge in [-0.3, -0.25) is 4.79 Å². The topological polar surface area (TPSA) is 92.8 Å². The molecule has 2 heterocycles. The first-order chi connectivity index (χ1) is 13.2. The van der Waals surface area contributed by atoms with Crippen LogP contribution in [-0.4, -0.2) is 33.0 Å². The Kier molecular flexibility index (Phi) is 6.46. The van der Waals surface area contributed by atoms with Gasteiger partial charge < -0.3 is 14.6 Å². The lowest BCUT2D eigenvalue weighted by molar-refractivity contribution is -0.113. The van der Waals surface area contributed by atoms with E-state index < -0.39 is 0 Å². The SMILES string of the molecule is CCn1c(SCC(=O)Nc2ccc(OCC#N)cc2)nnc1-c1cccs1. The van der Waals surface area contributed by atoms with Crippen molar-refractivity contribution in [3.05, 3.63) is 41.8 Å². The maximum Gasteiger partial charge on any atom is 0.234 e. The molecule has 0 bridgehead atoms. The number of thiophene rings is 1. The summed E-state index contributed by atoms with van der Waals surface area (Å²) in [6.07, 6.45) is 0. The minimum Gasteiger partial charge on any atom is -0.479 e. The maximum atomic E-state index is 12.2. The van der Waals surface area contributed by atoms with Gasteiger partial charge in [-0.2, -0.15) is 5.26 Å². The highest BCUT2D eigenvalue weighted by Gasteiger charge is 2.15. The summed E-state index contributed by atoms with van der Waals surface area (Å²) in [6, 6.07) is 12.8. The number of carbonyl (C=O) groups excluding carboxylic acids is 1. The van der Waals surface area contributed by atoms with Gasteiger partial charge in [-0.05, 0) is 42.6 Å². The monoisotopic (exact) mass is 399 g/mol. The smallest absolute Gasteiger partial charge is 0.234 e. The fraction of sp³-hybridized carbons (Fsp3) is 0.222. The molecule has 0 spiro atoms. The molecule has 0 aliphatic carbocycles. The second kappa shape index (κ2) is 9.21. The van der Waals surface area contributed by atoms with Crippen molar-refractivity contribution in [3.63, 3.8) is 0 Å². The standard InChI is InChI=1S/C18H17N5O2S2/c1-2-23-17(15-4-3-11-26-15)21-22-18(23)27-12-16(24)20-13-5-7-14(8-6-13)25-10-9-19/h3-8,11H,2,10,12H2,1H3,(H,20,24). The lowest BCUT2D eigenvalue weighted by Gasteiger charge is -2.08. The lowest BCUT2D eigenvalue weighted by atomic mass is 10.3. The number of amides is 1. The van der Waals surface area contributed by atoms with Gasteiger partial charge in [-0.15, -0.1) is 21.5 Å². The summed E-state index contributed by atoms with van der Waals surface area (Å²) in [7, 11) is 0. The Hall–Kier alpha value is -2.83. The van der Waals surface area contributed by atoms with Crippen LogP contribution in [0.15, 0.2) is 46.9 Å². The number of carbonyl (C=O) groups is 1. The molecule has 0 atom stereocenters. The normalized spacial score (nSPS) is 10.4. The number of nitrogens with one attached hydrogen (secondary N) is 1. The number of hydrogen-bond acceptors (Lipinski definition) is 7. The highest BCUT2D eigenvalue weighted by atomic mass is 32.2. The molecule has 0 aliphatic heterocycles. The average molecular weight is 400 g/mol. The summed E-state index contributed by atoms with van der Waals surface area (Å²) in [5.74, 6) is 1.51. The third kappa shape index (κ3) is 4.87. The number of ether oxygens (including phenoxy) is 1. The highest BCUT2D eigenvalue weighted by Crippen LogP contribution is 2.27. The van der Waals surface area contributed by atoms with Crippen LogP contribution in [-0.2, 0) is 11.3 Å². The fourth-order valence-corrected chi connectivity index (χ4v) is 3.87. The Balaban J connectivity index is 1.57. The van der Waals surface area contributed by atoms with E-state index in [0.29, 0.717) is 11.4 Å². The molecule has 3 rings (SSSR count). The van der Waals surface area contributed by atoms with Gasteiger partial charge in [0.25, 0.3) is 0 Å². The van der Waals surface area contributed by atoms with Gasteiger partial charge in [0.15, 0.2) is 17.6 Å². The Morgan fingerprint density at radius 3 is 2.81 bits per heavy atom. The van der Waals surface area contributed by atoms with Crippen molar-refractivity contribution in [1.29, 1.82) is 5.26 Å². The van der Waals surface area contributed by atoms with Gasteiger partial charge >= 0.3 is 0 Å². The van der Waals surface area contributed by atoms with E-state index in [0.717, 1.165) is 22.4 Å². The molecule has 0 aliphatic rings. The van der Waals surface area contributed by atoms with Gasteiger partial charge in [0.05, 0.1) is 10.6 Å². The Bertz CT molecular complexity index is 930. The van der Waals surface area contributed by atoms with E-state index in [4.69, 9.17) is 10.00 Å². The predicted octanol–water partition coefficient (Wildman–Crippen LogP) is 3.66. The van der Waals surface area contributed by atoms with Crippen LogP contribution in [0.4, 0.5) is 5.69 Å². The largest absolute Gasteiger partial charge is 0.479 e. The maximum absolute atomic E-state index is 12.2. The van der Waals surface area contributed by atoms with Crippen molar-refractivity contribution in [1.82, 2.24) is 14.8 Å². The lowest BCUT2D eigenvalue weighted by Crippen LogP contribution is -2.14. The zero-order valence-corrected chi connectivity index (χ0v) is 16.2. The second-order valence-corrected chi connectivity index (χ2v) is 7.23. The molecule has 27 heavy (non-hydrogen) atoms. The molecule has 1 N–H and O–H groups in total. The van der Waals surface area contributed by atoms with Gasteiger partial charge in [0.2, 0.25) is 5.91 Å². The van der Waals surface area contributed by atoms with Crippen LogP contribution >= 0.6 is 23.1 Å². The quantitative estimate of drug-likeness (QED) is 0.581. The van der Waals surface area contributed by atoms with Crippen molar-refractivity contribution in [2.75, 3.05) is 17.7 Å². The summed E-state index contributed by atoms with van der Waals surface area (Å²) in [4.78, 5) is 13.3. The number of thioether (sulfide) groups is 1. The Labute approximate surface area is 165 Å². The van der Waals surface area contributed by atoms with E-state index >= 15 is 0 Å². The molecule has 0 saturated heterocycles. The highest BCUT2D eigenvalue weighted by molar-refractivity contribution is 7.99. The molecule has 1 aromatic carbocycles. The Morgan fingerprint density at radius 1 is 1.33 bits per heavy atom. The molecular formula is C18H17N5O2S2. The van der Waals surface area contributed by atoms with Crippen LogP contribution in [0.25, 0.3) is 10.7 Å². The molecule has 0 fully saturated rings. The van der Waals surface area contributed by atoms with Crippen molar-refractivity contribution < 1.29 is 9.53 Å². The molecule has 3 aromatic rings. The first kappa shape index (κ1) is 18.9. The van der Waals surface area contributed by atoms with E-state index in [-0.39, 0.29) is 18.3 Å². The van der Waals surface area contributed by atoms with Crippen molar-refractivity contribution >= 4 is 34.7 Å². The molecule has 0 radical (unpaired) electrons. The van der Waals surface area contributed by atoms with E-state index in [1.54, 1.807) is 35.6 Å². The predicted molar refractivity (Wildman–Crippen MR) is 106 cm³/mol. The summed E-state index contributed by atoms with van der Waals surface area (Å²) >= 11 is 2.96. The summed E-state index contributed by atoms with van der Waals surface area (Å²) < 4.78 is 7.19. The first-order valence-electron chi connectivity index (χ1n) is 8.20. The summed E-state index contributed by atoms with van der Waals surface area (Å²) in [6.45, 7) is 2.75. The summed E-state index contributed by atoms with van der Waals surface area (Å²) in [5.41, 5.74) is 0.668. The second-order valence-electron chi connectivity index (χ2n) is 5.34. The van der Waals surface area contributed by atoms with E-state index in [9.17, 15) is 4.79 Å². The zero-order chi connectivity index (χ0) is 19.1. The van der Waals surface area contributed by atoms with Gasteiger partial charge in [-0.25, -0.2) is 0 Å². The van der Waals surface area contributed by atoms with Crippen LogP contribution in [0.2, 0.25) is 0 Å². The minimum atomic E-state index is -0.131. The first-order valence-corrected chi connectivity index (χ1v) is 10.1. The van der Waals surface area contributed by atoms with Crippen LogP contribution in [0.3, 0.4) is 0 Å². The van der Waals surface area contributed by atoms with Crippen molar-refractivity contribution in [3.8, 4) is 22.5 Å². The van der Waals surface area contributed by atoms with Gasteiger partial charge in [0.1, 0.15) is 11.8 Å². The van der Waals surface area contributed by atoms with Crippen LogP contribution in [0.1, 0.15) is 6.92 Å². The molecule has 9 heteroatoms. The average Bonchev–Trinajstić information content (AvgIpc) is 3.34. The third-order valence-electron chi connectivity index (χ3n) is 3.55. The molecule has 138 valence electrons. The third-order valence-corrected chi connectivity index (χ3v) is 5.38. The van der Waals surface area contributed by atoms with Gasteiger partial charge in [0, 0.05) is 12.2 Å². The number of nitrogens with zero attached hydrogens (tertiary/aromatic N) is 4. The van der Waals surface area contributed by atoms with E-state index in [1.807, 2.05) is 35.1 Å². The number of anilines is 1. The minimum absolute atomic E-state index is 0.00603. The zero-order valence-electron chi connectivity index (χ0n) is 14.6. The molecule has 0 unspecified atom stereocenters. The molecule has 0 saturated carbocycles. The van der Waals surface area contributed by atoms with E-state index in [2.05, 4.69) is 15.5 Å². The summed E-state index contributed by atoms with van der Waals surface area (Å²) in [5, 5.41) is 22.5. The number of nitriles is 1. The number of benzene rings is 1. The molecule has 2 aromatic heterocycles. The van der Waals surface area contributed by atoms with Crippen molar-refractivity contribution in [2.24, 2.45) is 0 Å². The van der Waals surface area contributed by atoms with Gasteiger partial charge in [-0.1, -0.05) is 17.8 Å². The van der Waals surface area contributed by atoms with Crippen LogP contribution < -0.4 is 10.1 Å². The van der Waals surface area contributed by atoms with Crippen LogP contribution in [0, 0.1) is 11.3 Å². The van der Waals surface area contributed by atoms with Crippen molar-refractivity contribution in [2.45, 2.75) is 18.6 Å². The number of rotatable bonds is 8. The van der Waals surface area contributed by atoms with Crippen LogP contribution in [0.5, 0.6) is 5.75 Å². The number of hydrogen-bond donors (Lipinski definition) is 1. The molecule has 1 amide bonds. The Morgan fingerprint density at radius 2 is 2.15 bits per heavy atom.